The van der Waals surface area contributed by atoms with Crippen molar-refractivity contribution < 1.29 is 14.6 Å². The van der Waals surface area contributed by atoms with Gasteiger partial charge in [0.25, 0.3) is 5.91 Å². The zero-order valence-electron chi connectivity index (χ0n) is 13.6. The molecule has 1 aromatic carbocycles. The lowest BCUT2D eigenvalue weighted by Crippen LogP contribution is -2.50. The molecule has 3 N–H and O–H groups in total. The molecule has 1 saturated heterocycles. The first kappa shape index (κ1) is 16.4. The van der Waals surface area contributed by atoms with Crippen molar-refractivity contribution in [2.75, 3.05) is 37.0 Å². The summed E-state index contributed by atoms with van der Waals surface area (Å²) in [6, 6.07) is 11.1. The molecule has 0 unspecified atom stereocenters. The molecule has 0 aliphatic carbocycles. The highest BCUT2D eigenvalue weighted by molar-refractivity contribution is 6.04. The zero-order chi connectivity index (χ0) is 17.0. The first-order valence-electron chi connectivity index (χ1n) is 7.87. The van der Waals surface area contributed by atoms with Crippen LogP contribution in [0.5, 0.6) is 0 Å². The molecular formula is C18H21N3O3. The molecule has 6 nitrogen and oxygen atoms in total. The number of pyridine rings is 1. The highest BCUT2D eigenvalue weighted by Gasteiger charge is 2.37. The molecule has 1 aliphatic rings. The normalized spacial score (nSPS) is 15.4. The lowest BCUT2D eigenvalue weighted by atomic mass is 9.87. The van der Waals surface area contributed by atoms with Gasteiger partial charge < -0.3 is 20.5 Å². The van der Waals surface area contributed by atoms with Crippen LogP contribution in [-0.4, -0.2) is 42.4 Å². The minimum atomic E-state index is -0.219. The number of aliphatic hydroxyl groups excluding tert-OH is 1. The number of hydrogen-bond donors (Lipinski definition) is 3. The number of amides is 1. The third-order valence-corrected chi connectivity index (χ3v) is 4.13. The Morgan fingerprint density at radius 1 is 1.25 bits per heavy atom. The highest BCUT2D eigenvalue weighted by Crippen LogP contribution is 2.26. The van der Waals surface area contributed by atoms with Crippen molar-refractivity contribution in [1.29, 1.82) is 0 Å². The maximum absolute atomic E-state index is 12.2. The van der Waals surface area contributed by atoms with Crippen LogP contribution in [-0.2, 0) is 4.74 Å². The third kappa shape index (κ3) is 3.72. The Morgan fingerprint density at radius 2 is 2.00 bits per heavy atom. The number of ether oxygens (including phenoxy) is 1. The van der Waals surface area contributed by atoms with Crippen LogP contribution in [0, 0.1) is 12.3 Å². The van der Waals surface area contributed by atoms with Crippen molar-refractivity contribution in [3.8, 4) is 0 Å². The van der Waals surface area contributed by atoms with E-state index in [4.69, 9.17) is 4.74 Å². The third-order valence-electron chi connectivity index (χ3n) is 4.13. The summed E-state index contributed by atoms with van der Waals surface area (Å²) in [5.74, 6) is 0.471. The molecule has 0 radical (unpaired) electrons. The number of anilines is 2. The molecule has 1 aromatic heterocycles. The fourth-order valence-electron chi connectivity index (χ4n) is 2.39. The number of nitrogens with zero attached hydrogens (tertiary/aromatic N) is 1. The van der Waals surface area contributed by atoms with E-state index in [0.29, 0.717) is 31.1 Å². The molecular weight excluding hydrogens is 306 g/mol. The molecule has 0 bridgehead atoms. The Morgan fingerprint density at radius 3 is 2.54 bits per heavy atom. The quantitative estimate of drug-likeness (QED) is 0.756. The van der Waals surface area contributed by atoms with E-state index < -0.39 is 0 Å². The molecule has 1 amide bonds. The van der Waals surface area contributed by atoms with Gasteiger partial charge in [-0.1, -0.05) is 17.7 Å². The summed E-state index contributed by atoms with van der Waals surface area (Å²) in [4.78, 5) is 16.5. The van der Waals surface area contributed by atoms with Crippen molar-refractivity contribution in [3.05, 3.63) is 53.7 Å². The highest BCUT2D eigenvalue weighted by atomic mass is 16.5. The Labute approximate surface area is 140 Å². The Balaban J connectivity index is 1.57. The van der Waals surface area contributed by atoms with E-state index in [1.54, 1.807) is 12.1 Å². The van der Waals surface area contributed by atoms with Crippen LogP contribution < -0.4 is 10.6 Å². The fraction of sp³-hybridized carbons (Fsp3) is 0.333. The Kier molecular flexibility index (Phi) is 4.78. The number of rotatable bonds is 6. The summed E-state index contributed by atoms with van der Waals surface area (Å²) in [6.07, 6.45) is 1.54. The van der Waals surface area contributed by atoms with Crippen LogP contribution in [0.25, 0.3) is 0 Å². The van der Waals surface area contributed by atoms with E-state index in [-0.39, 0.29) is 17.9 Å². The maximum atomic E-state index is 12.2. The summed E-state index contributed by atoms with van der Waals surface area (Å²) in [7, 11) is 0. The monoisotopic (exact) mass is 327 g/mol. The first-order chi connectivity index (χ1) is 11.6. The van der Waals surface area contributed by atoms with Crippen molar-refractivity contribution in [2.24, 2.45) is 5.41 Å². The maximum Gasteiger partial charge on any atom is 0.257 e. The van der Waals surface area contributed by atoms with Crippen molar-refractivity contribution in [3.63, 3.8) is 0 Å². The van der Waals surface area contributed by atoms with E-state index in [2.05, 4.69) is 15.6 Å². The average Bonchev–Trinajstić information content (AvgIpc) is 2.57. The van der Waals surface area contributed by atoms with E-state index >= 15 is 0 Å². The van der Waals surface area contributed by atoms with Gasteiger partial charge in [0.1, 0.15) is 5.82 Å². The van der Waals surface area contributed by atoms with Crippen LogP contribution in [0.1, 0.15) is 15.9 Å². The van der Waals surface area contributed by atoms with Crippen LogP contribution in [0.4, 0.5) is 11.5 Å². The van der Waals surface area contributed by atoms with E-state index in [9.17, 15) is 9.90 Å². The number of carbonyl (C=O) groups excluding carboxylic acids is 1. The van der Waals surface area contributed by atoms with E-state index in [1.807, 2.05) is 31.2 Å². The Hall–Kier alpha value is -2.44. The van der Waals surface area contributed by atoms with Crippen LogP contribution in [0.15, 0.2) is 42.6 Å². The smallest absolute Gasteiger partial charge is 0.257 e. The topological polar surface area (TPSA) is 83.5 Å². The summed E-state index contributed by atoms with van der Waals surface area (Å²) in [5.41, 5.74) is 2.17. The summed E-state index contributed by atoms with van der Waals surface area (Å²) in [5, 5.41) is 15.4. The largest absolute Gasteiger partial charge is 0.396 e. The van der Waals surface area contributed by atoms with Gasteiger partial charge in [0.05, 0.1) is 30.8 Å². The average molecular weight is 327 g/mol. The van der Waals surface area contributed by atoms with Crippen molar-refractivity contribution in [1.82, 2.24) is 4.98 Å². The lowest BCUT2D eigenvalue weighted by molar-refractivity contribution is -0.128. The number of carbonyl (C=O) groups is 1. The molecule has 6 heteroatoms. The van der Waals surface area contributed by atoms with Gasteiger partial charge in [-0.15, -0.1) is 0 Å². The van der Waals surface area contributed by atoms with Gasteiger partial charge in [-0.2, -0.15) is 0 Å². The van der Waals surface area contributed by atoms with Crippen molar-refractivity contribution in [2.45, 2.75) is 6.92 Å². The van der Waals surface area contributed by atoms with E-state index in [0.717, 1.165) is 11.3 Å². The molecule has 1 fully saturated rings. The predicted octanol–water partition coefficient (Wildman–Crippen LogP) is 2.06. The summed E-state index contributed by atoms with van der Waals surface area (Å²) < 4.78 is 5.16. The zero-order valence-corrected chi connectivity index (χ0v) is 13.6. The molecule has 0 spiro atoms. The number of aromatic nitrogens is 1. The molecule has 3 rings (SSSR count). The van der Waals surface area contributed by atoms with Gasteiger partial charge in [-0.3, -0.25) is 4.79 Å². The minimum Gasteiger partial charge on any atom is -0.396 e. The molecule has 2 heterocycles. The first-order valence-corrected chi connectivity index (χ1v) is 7.87. The van der Waals surface area contributed by atoms with Crippen molar-refractivity contribution >= 4 is 17.4 Å². The van der Waals surface area contributed by atoms with Gasteiger partial charge in [0.15, 0.2) is 0 Å². The van der Waals surface area contributed by atoms with Gasteiger partial charge in [-0.25, -0.2) is 4.98 Å². The molecule has 2 aromatic rings. The number of aryl methyl sites for hydroxylation is 1. The van der Waals surface area contributed by atoms with Gasteiger partial charge in [-0.05, 0) is 31.2 Å². The van der Waals surface area contributed by atoms with Crippen LogP contribution in [0.2, 0.25) is 0 Å². The molecule has 126 valence electrons. The molecule has 24 heavy (non-hydrogen) atoms. The molecule has 1 aliphatic heterocycles. The number of nitrogens with one attached hydrogen (secondary N) is 2. The molecule has 0 atom stereocenters. The van der Waals surface area contributed by atoms with Crippen LogP contribution in [0.3, 0.4) is 0 Å². The minimum absolute atomic E-state index is 0.0804. The summed E-state index contributed by atoms with van der Waals surface area (Å²) >= 11 is 0. The van der Waals surface area contributed by atoms with Gasteiger partial charge in [0.2, 0.25) is 0 Å². The molecule has 0 saturated carbocycles. The van der Waals surface area contributed by atoms with E-state index in [1.165, 1.54) is 6.20 Å². The second-order valence-electron chi connectivity index (χ2n) is 6.26. The second-order valence-corrected chi connectivity index (χ2v) is 6.26. The Bertz CT molecular complexity index is 689. The number of hydrogen-bond acceptors (Lipinski definition) is 5. The fourth-order valence-corrected chi connectivity index (χ4v) is 2.39. The lowest BCUT2D eigenvalue weighted by Gasteiger charge is -2.39. The van der Waals surface area contributed by atoms with Gasteiger partial charge >= 0.3 is 0 Å². The predicted molar refractivity (Wildman–Crippen MR) is 92.2 cm³/mol. The van der Waals surface area contributed by atoms with Crippen LogP contribution >= 0.6 is 0 Å². The number of aliphatic hydroxyl groups is 1. The number of benzene rings is 1. The van der Waals surface area contributed by atoms with Gasteiger partial charge in [0, 0.05) is 18.4 Å². The summed E-state index contributed by atoms with van der Waals surface area (Å²) in [6.45, 7) is 3.77. The SMILES string of the molecule is Cc1ccc(NC(=O)c2ccc(NCC3(CO)COC3)nc2)cc1. The standard InChI is InChI=1S/C18H21N3O3/c1-13-2-5-15(6-3-13)21-17(23)14-4-7-16(19-8-14)20-9-18(10-22)11-24-12-18/h2-8,22H,9-12H2,1H3,(H,19,20)(H,21,23). The second kappa shape index (κ2) is 6.98.